The molecule has 0 aromatic heterocycles. The summed E-state index contributed by atoms with van der Waals surface area (Å²) in [5.41, 5.74) is 1.09. The first kappa shape index (κ1) is 17.1. The fraction of sp³-hybridized carbons (Fsp3) is 0.444. The van der Waals surface area contributed by atoms with E-state index in [2.05, 4.69) is 11.9 Å². The van der Waals surface area contributed by atoms with E-state index in [0.29, 0.717) is 25.4 Å². The number of carboxylic acid groups (broad SMARTS) is 1. The van der Waals surface area contributed by atoms with E-state index in [4.69, 9.17) is 5.11 Å². The molecule has 0 bridgehead atoms. The van der Waals surface area contributed by atoms with Crippen LogP contribution in [0, 0.1) is 0 Å². The van der Waals surface area contributed by atoms with Gasteiger partial charge in [-0.25, -0.2) is 4.79 Å². The molecule has 5 nitrogen and oxygen atoms in total. The number of amides is 2. The summed E-state index contributed by atoms with van der Waals surface area (Å²) in [6.45, 7) is 4.22. The number of carbonyl (C=O) groups excluding carboxylic acids is 1. The number of urea groups is 1. The summed E-state index contributed by atoms with van der Waals surface area (Å²) in [5, 5.41) is 11.9. The van der Waals surface area contributed by atoms with Crippen LogP contribution in [0.1, 0.15) is 31.2 Å². The lowest BCUT2D eigenvalue weighted by molar-refractivity contribution is -0.137. The van der Waals surface area contributed by atoms with Crippen LogP contribution in [0.25, 0.3) is 0 Å². The van der Waals surface area contributed by atoms with Crippen molar-refractivity contribution < 1.29 is 14.7 Å². The van der Waals surface area contributed by atoms with Gasteiger partial charge in [-0.15, -0.1) is 6.58 Å². The first-order valence-electron chi connectivity index (χ1n) is 8.04. The molecular formula is C18H24N2O3. The van der Waals surface area contributed by atoms with Crippen molar-refractivity contribution in [1.29, 1.82) is 0 Å². The number of carbonyl (C=O) groups is 2. The zero-order chi connectivity index (χ0) is 16.7. The van der Waals surface area contributed by atoms with Gasteiger partial charge in [0.1, 0.15) is 0 Å². The third kappa shape index (κ3) is 5.77. The summed E-state index contributed by atoms with van der Waals surface area (Å²) in [5.74, 6) is -0.845. The first-order valence-corrected chi connectivity index (χ1v) is 8.04. The fourth-order valence-electron chi connectivity index (χ4n) is 2.60. The Labute approximate surface area is 137 Å². The van der Waals surface area contributed by atoms with Crippen LogP contribution in [0.15, 0.2) is 43.0 Å². The monoisotopic (exact) mass is 316 g/mol. The van der Waals surface area contributed by atoms with Crippen molar-refractivity contribution in [3.63, 3.8) is 0 Å². The standard InChI is InChI=1S/C18H24N2O3/c1-2-12-20(16-9-10-16)18(23)19-15(8-11-17(21)22)13-14-6-4-3-5-7-14/h2-7,15-16H,1,8-13H2,(H,19,23)(H,21,22). The molecule has 1 aliphatic carbocycles. The van der Waals surface area contributed by atoms with Gasteiger partial charge < -0.3 is 15.3 Å². The lowest BCUT2D eigenvalue weighted by atomic mass is 10.0. The van der Waals surface area contributed by atoms with E-state index in [1.54, 1.807) is 11.0 Å². The van der Waals surface area contributed by atoms with Crippen LogP contribution in [0.5, 0.6) is 0 Å². The maximum Gasteiger partial charge on any atom is 0.318 e. The number of carboxylic acids is 1. The van der Waals surface area contributed by atoms with E-state index in [0.717, 1.165) is 18.4 Å². The summed E-state index contributed by atoms with van der Waals surface area (Å²) in [6.07, 6.45) is 4.87. The van der Waals surface area contributed by atoms with E-state index >= 15 is 0 Å². The largest absolute Gasteiger partial charge is 0.481 e. The molecule has 1 atom stereocenters. The molecular weight excluding hydrogens is 292 g/mol. The lowest BCUT2D eigenvalue weighted by Gasteiger charge is -2.25. The summed E-state index contributed by atoms with van der Waals surface area (Å²) >= 11 is 0. The van der Waals surface area contributed by atoms with Crippen molar-refractivity contribution in [2.45, 2.75) is 44.2 Å². The van der Waals surface area contributed by atoms with Gasteiger partial charge in [-0.3, -0.25) is 4.79 Å². The predicted octanol–water partition coefficient (Wildman–Crippen LogP) is 2.82. The molecule has 23 heavy (non-hydrogen) atoms. The van der Waals surface area contributed by atoms with Gasteiger partial charge in [0.15, 0.2) is 0 Å². The van der Waals surface area contributed by atoms with Crippen LogP contribution in [-0.4, -0.2) is 40.6 Å². The average Bonchev–Trinajstić information content (AvgIpc) is 3.35. The Hall–Kier alpha value is -2.30. The van der Waals surface area contributed by atoms with Gasteiger partial charge in [-0.05, 0) is 31.2 Å². The third-order valence-corrected chi connectivity index (χ3v) is 3.93. The number of nitrogens with one attached hydrogen (secondary N) is 1. The van der Waals surface area contributed by atoms with Crippen molar-refractivity contribution in [2.24, 2.45) is 0 Å². The van der Waals surface area contributed by atoms with E-state index < -0.39 is 5.97 Å². The Balaban J connectivity index is 1.98. The maximum atomic E-state index is 12.5. The van der Waals surface area contributed by atoms with Crippen molar-refractivity contribution >= 4 is 12.0 Å². The number of hydrogen-bond donors (Lipinski definition) is 2. The molecule has 1 aliphatic rings. The minimum Gasteiger partial charge on any atom is -0.481 e. The normalized spacial score (nSPS) is 14.8. The molecule has 2 rings (SSSR count). The van der Waals surface area contributed by atoms with Gasteiger partial charge in [0.2, 0.25) is 0 Å². The van der Waals surface area contributed by atoms with Crippen molar-refractivity contribution in [3.8, 4) is 0 Å². The molecule has 5 heteroatoms. The van der Waals surface area contributed by atoms with E-state index in [-0.39, 0.29) is 18.5 Å². The molecule has 1 aromatic carbocycles. The smallest absolute Gasteiger partial charge is 0.318 e. The minimum absolute atomic E-state index is 0.0443. The molecule has 2 amide bonds. The molecule has 0 spiro atoms. The zero-order valence-corrected chi connectivity index (χ0v) is 13.3. The Kier molecular flexibility index (Phi) is 6.20. The minimum atomic E-state index is -0.845. The predicted molar refractivity (Wildman–Crippen MR) is 89.3 cm³/mol. The van der Waals surface area contributed by atoms with Crippen LogP contribution in [0.2, 0.25) is 0 Å². The SMILES string of the molecule is C=CCN(C(=O)NC(CCC(=O)O)Cc1ccccc1)C1CC1. The second kappa shape index (κ2) is 8.36. The first-order chi connectivity index (χ1) is 11.1. The van der Waals surface area contributed by atoms with Gasteiger partial charge in [-0.1, -0.05) is 36.4 Å². The Morgan fingerprint density at radius 3 is 2.61 bits per heavy atom. The van der Waals surface area contributed by atoms with E-state index in [1.165, 1.54) is 0 Å². The Morgan fingerprint density at radius 1 is 1.35 bits per heavy atom. The van der Waals surface area contributed by atoms with Gasteiger partial charge in [0.25, 0.3) is 0 Å². The summed E-state index contributed by atoms with van der Waals surface area (Å²) in [7, 11) is 0. The van der Waals surface area contributed by atoms with Crippen LogP contribution in [0.3, 0.4) is 0 Å². The van der Waals surface area contributed by atoms with Crippen molar-refractivity contribution in [3.05, 3.63) is 48.6 Å². The van der Waals surface area contributed by atoms with Gasteiger partial charge >= 0.3 is 12.0 Å². The fourth-order valence-corrected chi connectivity index (χ4v) is 2.60. The van der Waals surface area contributed by atoms with Gasteiger partial charge in [0, 0.05) is 25.0 Å². The third-order valence-electron chi connectivity index (χ3n) is 3.93. The van der Waals surface area contributed by atoms with Crippen LogP contribution >= 0.6 is 0 Å². The molecule has 1 saturated carbocycles. The number of nitrogens with zero attached hydrogens (tertiary/aromatic N) is 1. The van der Waals surface area contributed by atoms with Crippen molar-refractivity contribution in [1.82, 2.24) is 10.2 Å². The number of benzene rings is 1. The number of hydrogen-bond acceptors (Lipinski definition) is 2. The maximum absolute atomic E-state index is 12.5. The summed E-state index contributed by atoms with van der Waals surface area (Å²) in [4.78, 5) is 25.1. The molecule has 0 heterocycles. The van der Waals surface area contributed by atoms with Crippen LogP contribution in [0.4, 0.5) is 4.79 Å². The summed E-state index contributed by atoms with van der Waals surface area (Å²) < 4.78 is 0. The molecule has 0 saturated heterocycles. The molecule has 1 aromatic rings. The highest BCUT2D eigenvalue weighted by atomic mass is 16.4. The molecule has 0 radical (unpaired) electrons. The van der Waals surface area contributed by atoms with Crippen LogP contribution < -0.4 is 5.32 Å². The highest BCUT2D eigenvalue weighted by Gasteiger charge is 2.32. The van der Waals surface area contributed by atoms with Gasteiger partial charge in [0.05, 0.1) is 0 Å². The molecule has 0 aliphatic heterocycles. The molecule has 2 N–H and O–H groups in total. The average molecular weight is 316 g/mol. The number of aliphatic carboxylic acids is 1. The quantitative estimate of drug-likeness (QED) is 0.688. The molecule has 124 valence electrons. The van der Waals surface area contributed by atoms with E-state index in [9.17, 15) is 9.59 Å². The Bertz CT molecular complexity index is 540. The molecule has 1 unspecified atom stereocenters. The van der Waals surface area contributed by atoms with Crippen LogP contribution in [-0.2, 0) is 11.2 Å². The summed E-state index contributed by atoms with van der Waals surface area (Å²) in [6, 6.07) is 9.78. The number of rotatable bonds is 9. The molecule has 1 fully saturated rings. The van der Waals surface area contributed by atoms with Crippen molar-refractivity contribution in [2.75, 3.05) is 6.54 Å². The van der Waals surface area contributed by atoms with Gasteiger partial charge in [-0.2, -0.15) is 0 Å². The topological polar surface area (TPSA) is 69.6 Å². The van der Waals surface area contributed by atoms with E-state index in [1.807, 2.05) is 30.3 Å². The zero-order valence-electron chi connectivity index (χ0n) is 13.3. The highest BCUT2D eigenvalue weighted by molar-refractivity contribution is 5.75. The second-order valence-electron chi connectivity index (χ2n) is 5.94. The Morgan fingerprint density at radius 2 is 2.04 bits per heavy atom. The second-order valence-corrected chi connectivity index (χ2v) is 5.94. The highest BCUT2D eigenvalue weighted by Crippen LogP contribution is 2.26. The lowest BCUT2D eigenvalue weighted by Crippen LogP contribution is -2.46.